The summed E-state index contributed by atoms with van der Waals surface area (Å²) in [6.07, 6.45) is 6.38. The Hall–Kier alpha value is -0.400. The van der Waals surface area contributed by atoms with Crippen molar-refractivity contribution in [1.29, 1.82) is 0 Å². The van der Waals surface area contributed by atoms with Gasteiger partial charge in [-0.3, -0.25) is 4.79 Å². The number of ketones is 1. The topological polar surface area (TPSA) is 94.5 Å². The van der Waals surface area contributed by atoms with Crippen LogP contribution in [0.3, 0.4) is 0 Å². The summed E-state index contributed by atoms with van der Waals surface area (Å²) in [6, 6.07) is 3.63. The fourth-order valence-corrected chi connectivity index (χ4v) is 2.74. The molecule has 0 unspecified atom stereocenters. The van der Waals surface area contributed by atoms with E-state index in [1.54, 1.807) is 0 Å². The Morgan fingerprint density at radius 3 is 2.32 bits per heavy atom. The third kappa shape index (κ3) is 6.79. The Morgan fingerprint density at radius 1 is 1.14 bits per heavy atom. The van der Waals surface area contributed by atoms with Crippen LogP contribution in [0.2, 0.25) is 0 Å². The zero-order chi connectivity index (χ0) is 15.9. The first-order chi connectivity index (χ1) is 9.88. The van der Waals surface area contributed by atoms with E-state index < -0.39 is 20.8 Å². The maximum Gasteiger partial charge on any atom is 1.00 e. The van der Waals surface area contributed by atoms with Crippen molar-refractivity contribution in [3.8, 4) is 5.75 Å². The summed E-state index contributed by atoms with van der Waals surface area (Å²) in [4.78, 5) is 11.2. The summed E-state index contributed by atoms with van der Waals surface area (Å²) in [6.45, 7) is 2.13. The SMILES string of the molecule is CCCCCCCCC(=O)c1cccc(S(=O)(=O)[O-])c1O.[Na+]. The van der Waals surface area contributed by atoms with Gasteiger partial charge in [0.05, 0.1) is 10.5 Å². The van der Waals surface area contributed by atoms with Crippen molar-refractivity contribution >= 4 is 15.9 Å². The largest absolute Gasteiger partial charge is 1.00 e. The minimum absolute atomic E-state index is 0. The second-order valence-electron chi connectivity index (χ2n) is 5.05. The Labute approximate surface area is 154 Å². The minimum Gasteiger partial charge on any atom is -0.744 e. The molecular formula is C15H21NaO5S. The van der Waals surface area contributed by atoms with Gasteiger partial charge < -0.3 is 9.66 Å². The van der Waals surface area contributed by atoms with Gasteiger partial charge in [0.1, 0.15) is 15.9 Å². The minimum atomic E-state index is -4.78. The van der Waals surface area contributed by atoms with Crippen LogP contribution < -0.4 is 29.6 Å². The van der Waals surface area contributed by atoms with E-state index in [4.69, 9.17) is 0 Å². The van der Waals surface area contributed by atoms with Crippen molar-refractivity contribution in [1.82, 2.24) is 0 Å². The van der Waals surface area contributed by atoms with Gasteiger partial charge in [-0.25, -0.2) is 8.42 Å². The number of rotatable bonds is 9. The molecule has 1 rings (SSSR count). The molecule has 0 aromatic heterocycles. The van der Waals surface area contributed by atoms with Crippen molar-refractivity contribution in [3.05, 3.63) is 23.8 Å². The number of para-hydroxylation sites is 1. The molecule has 0 radical (unpaired) electrons. The van der Waals surface area contributed by atoms with Crippen LogP contribution in [0.5, 0.6) is 5.75 Å². The quantitative estimate of drug-likeness (QED) is 0.302. The first-order valence-electron chi connectivity index (χ1n) is 7.19. The fourth-order valence-electron chi connectivity index (χ4n) is 2.15. The predicted molar refractivity (Wildman–Crippen MR) is 78.4 cm³/mol. The third-order valence-electron chi connectivity index (χ3n) is 3.33. The van der Waals surface area contributed by atoms with Gasteiger partial charge in [-0.1, -0.05) is 45.1 Å². The molecule has 5 nitrogen and oxygen atoms in total. The molecule has 22 heavy (non-hydrogen) atoms. The molecule has 0 saturated carbocycles. The molecule has 0 aliphatic heterocycles. The number of carbonyl (C=O) groups excluding carboxylic acids is 1. The summed E-state index contributed by atoms with van der Waals surface area (Å²) in [5.74, 6) is -1.07. The van der Waals surface area contributed by atoms with Crippen LogP contribution in [-0.4, -0.2) is 23.9 Å². The summed E-state index contributed by atoms with van der Waals surface area (Å²) < 4.78 is 32.9. The Kier molecular flexibility index (Phi) is 10.2. The number of aromatic hydroxyl groups is 1. The van der Waals surface area contributed by atoms with E-state index in [-0.39, 0.29) is 47.3 Å². The van der Waals surface area contributed by atoms with Crippen molar-refractivity contribution in [2.24, 2.45) is 0 Å². The van der Waals surface area contributed by atoms with Gasteiger partial charge in [0, 0.05) is 6.42 Å². The molecule has 7 heteroatoms. The number of Topliss-reactive ketones (excluding diaryl/α,β-unsaturated/α-hetero) is 1. The number of phenolic OH excluding ortho intramolecular Hbond substituents is 1. The predicted octanol–water partition coefficient (Wildman–Crippen LogP) is 0.234. The smallest absolute Gasteiger partial charge is 0.744 e. The van der Waals surface area contributed by atoms with Gasteiger partial charge in [-0.05, 0) is 18.6 Å². The third-order valence-corrected chi connectivity index (χ3v) is 4.19. The number of benzene rings is 1. The van der Waals surface area contributed by atoms with E-state index in [0.29, 0.717) is 6.42 Å². The average molecular weight is 336 g/mol. The summed E-state index contributed by atoms with van der Waals surface area (Å²) in [5, 5.41) is 9.77. The van der Waals surface area contributed by atoms with Crippen molar-refractivity contribution in [2.75, 3.05) is 0 Å². The molecule has 0 aliphatic carbocycles. The van der Waals surface area contributed by atoms with Crippen LogP contribution in [0.15, 0.2) is 23.1 Å². The molecule has 0 spiro atoms. The van der Waals surface area contributed by atoms with Crippen molar-refractivity contribution in [2.45, 2.75) is 56.8 Å². The number of hydrogen-bond donors (Lipinski definition) is 1. The summed E-state index contributed by atoms with van der Waals surface area (Å²) in [7, 11) is -4.78. The Balaban J connectivity index is 0.00000441. The van der Waals surface area contributed by atoms with E-state index in [1.807, 2.05) is 0 Å². The summed E-state index contributed by atoms with van der Waals surface area (Å²) >= 11 is 0. The van der Waals surface area contributed by atoms with Gasteiger partial charge >= 0.3 is 29.6 Å². The molecule has 0 amide bonds. The van der Waals surface area contributed by atoms with Crippen LogP contribution >= 0.6 is 0 Å². The van der Waals surface area contributed by atoms with E-state index in [0.717, 1.165) is 31.7 Å². The molecular weight excluding hydrogens is 315 g/mol. The second-order valence-corrected chi connectivity index (χ2v) is 6.40. The van der Waals surface area contributed by atoms with Crippen LogP contribution in [0.4, 0.5) is 0 Å². The monoisotopic (exact) mass is 336 g/mol. The zero-order valence-electron chi connectivity index (χ0n) is 13.2. The standard InChI is InChI=1S/C15H22O5S.Na/c1-2-3-4-5-6-7-10-13(16)12-9-8-11-14(15(12)17)21(18,19)20;/h8-9,11,17H,2-7,10H2,1H3,(H,18,19,20);/q;+1/p-1. The van der Waals surface area contributed by atoms with Crippen LogP contribution in [0.25, 0.3) is 0 Å². The molecule has 0 aliphatic rings. The molecule has 0 bridgehead atoms. The maximum atomic E-state index is 12.0. The average Bonchev–Trinajstić information content (AvgIpc) is 2.41. The van der Waals surface area contributed by atoms with Gasteiger partial charge in [0.25, 0.3) is 0 Å². The van der Waals surface area contributed by atoms with E-state index in [9.17, 15) is 22.9 Å². The zero-order valence-corrected chi connectivity index (χ0v) is 16.0. The molecule has 0 atom stereocenters. The van der Waals surface area contributed by atoms with Crippen LogP contribution in [0, 0.1) is 0 Å². The first kappa shape index (κ1) is 21.6. The van der Waals surface area contributed by atoms with E-state index in [2.05, 4.69) is 6.92 Å². The fraction of sp³-hybridized carbons (Fsp3) is 0.533. The number of carbonyl (C=O) groups is 1. The van der Waals surface area contributed by atoms with Gasteiger partial charge in [-0.15, -0.1) is 0 Å². The Bertz CT molecular complexity index is 584. The van der Waals surface area contributed by atoms with Crippen molar-refractivity contribution in [3.63, 3.8) is 0 Å². The molecule has 118 valence electrons. The molecule has 0 fully saturated rings. The Morgan fingerprint density at radius 2 is 1.73 bits per heavy atom. The number of phenols is 1. The molecule has 1 aromatic carbocycles. The van der Waals surface area contributed by atoms with E-state index >= 15 is 0 Å². The van der Waals surface area contributed by atoms with Crippen LogP contribution in [-0.2, 0) is 10.1 Å². The molecule has 1 aromatic rings. The van der Waals surface area contributed by atoms with Gasteiger partial charge in [-0.2, -0.15) is 0 Å². The molecule has 0 heterocycles. The maximum absolute atomic E-state index is 12.0. The van der Waals surface area contributed by atoms with Crippen molar-refractivity contribution < 1.29 is 52.4 Å². The number of hydrogen-bond acceptors (Lipinski definition) is 5. The normalized spacial score (nSPS) is 11.0. The van der Waals surface area contributed by atoms with Gasteiger partial charge in [0.15, 0.2) is 5.78 Å². The molecule has 1 N–H and O–H groups in total. The van der Waals surface area contributed by atoms with E-state index in [1.165, 1.54) is 18.6 Å². The molecule has 0 saturated heterocycles. The van der Waals surface area contributed by atoms with Crippen LogP contribution in [0.1, 0.15) is 62.2 Å². The number of unbranched alkanes of at least 4 members (excludes halogenated alkanes) is 5. The summed E-state index contributed by atoms with van der Waals surface area (Å²) in [5.41, 5.74) is -0.0968. The second kappa shape index (κ2) is 10.4. The first-order valence-corrected chi connectivity index (χ1v) is 8.59. The van der Waals surface area contributed by atoms with Gasteiger partial charge in [0.2, 0.25) is 0 Å².